The Morgan fingerprint density at radius 1 is 1.14 bits per heavy atom. The molecule has 2 aromatic carbocycles. The van der Waals surface area contributed by atoms with E-state index in [-0.39, 0.29) is 12.1 Å². The number of benzene rings is 2. The highest BCUT2D eigenvalue weighted by Crippen LogP contribution is 2.26. The van der Waals surface area contributed by atoms with Crippen molar-refractivity contribution in [2.24, 2.45) is 5.73 Å². The van der Waals surface area contributed by atoms with Crippen molar-refractivity contribution in [1.82, 2.24) is 9.88 Å². The lowest BCUT2D eigenvalue weighted by molar-refractivity contribution is -0.119. The summed E-state index contributed by atoms with van der Waals surface area (Å²) < 4.78 is 33.1. The second-order valence-electron chi connectivity index (χ2n) is 6.62. The maximum absolute atomic E-state index is 13.2. The number of primary amides is 1. The van der Waals surface area contributed by atoms with E-state index in [1.54, 1.807) is 43.3 Å². The van der Waals surface area contributed by atoms with Crippen LogP contribution < -0.4 is 21.3 Å². The molecule has 6 nitrogen and oxygen atoms in total. The predicted molar refractivity (Wildman–Crippen MR) is 106 cm³/mol. The number of nitrogens with one attached hydrogen (secondary N) is 1. The lowest BCUT2D eigenvalue weighted by Crippen LogP contribution is -2.39. The highest BCUT2D eigenvalue weighted by molar-refractivity contribution is 5.81. The average Bonchev–Trinajstić information content (AvgIpc) is 2.69. The van der Waals surface area contributed by atoms with Crippen LogP contribution in [0.25, 0.3) is 10.9 Å². The van der Waals surface area contributed by atoms with Crippen LogP contribution >= 0.6 is 0 Å². The van der Waals surface area contributed by atoms with Crippen LogP contribution in [0.1, 0.15) is 12.5 Å². The lowest BCUT2D eigenvalue weighted by atomic mass is 10.1. The quantitative estimate of drug-likeness (QED) is 0.608. The van der Waals surface area contributed by atoms with Gasteiger partial charge in [-0.25, -0.2) is 8.78 Å². The van der Waals surface area contributed by atoms with Crippen molar-refractivity contribution in [1.29, 1.82) is 0 Å². The molecular weight excluding hydrogens is 380 g/mol. The number of hydrogen-bond donors (Lipinski definition) is 2. The molecule has 0 bridgehead atoms. The molecule has 1 unspecified atom stereocenters. The largest absolute Gasteiger partial charge is 0.457 e. The fourth-order valence-corrected chi connectivity index (χ4v) is 2.91. The number of nitrogens with two attached hydrogens (primary N) is 1. The predicted octanol–water partition coefficient (Wildman–Crippen LogP) is 3.02. The number of alkyl halides is 2. The van der Waals surface area contributed by atoms with Gasteiger partial charge in [0.05, 0.1) is 18.1 Å². The summed E-state index contributed by atoms with van der Waals surface area (Å²) in [6, 6.07) is 15.0. The van der Waals surface area contributed by atoms with Gasteiger partial charge in [0.15, 0.2) is 0 Å². The average molecular weight is 401 g/mol. The van der Waals surface area contributed by atoms with Crippen LogP contribution in [-0.2, 0) is 17.9 Å². The molecule has 3 N–H and O–H groups in total. The first-order valence-electron chi connectivity index (χ1n) is 9.05. The molecule has 0 radical (unpaired) electrons. The molecular formula is C21H21F2N3O3. The zero-order chi connectivity index (χ0) is 21.0. The van der Waals surface area contributed by atoms with E-state index in [2.05, 4.69) is 5.32 Å². The molecule has 1 aromatic heterocycles. The molecule has 8 heteroatoms. The minimum atomic E-state index is -2.71. The van der Waals surface area contributed by atoms with Crippen LogP contribution in [0.3, 0.4) is 0 Å². The summed E-state index contributed by atoms with van der Waals surface area (Å²) in [4.78, 5) is 24.0. The number of rotatable bonds is 8. The molecule has 1 heterocycles. The van der Waals surface area contributed by atoms with Gasteiger partial charge in [-0.1, -0.05) is 18.2 Å². The number of aromatic nitrogens is 1. The van der Waals surface area contributed by atoms with Crippen molar-refractivity contribution >= 4 is 16.8 Å². The molecule has 0 aliphatic carbocycles. The van der Waals surface area contributed by atoms with Crippen molar-refractivity contribution in [3.05, 3.63) is 70.5 Å². The Morgan fingerprint density at radius 2 is 1.86 bits per heavy atom. The van der Waals surface area contributed by atoms with Gasteiger partial charge in [-0.3, -0.25) is 9.59 Å². The van der Waals surface area contributed by atoms with Crippen molar-refractivity contribution in [2.45, 2.75) is 32.5 Å². The minimum Gasteiger partial charge on any atom is -0.457 e. The van der Waals surface area contributed by atoms with E-state index in [1.807, 2.05) is 18.2 Å². The lowest BCUT2D eigenvalue weighted by Gasteiger charge is -2.15. The van der Waals surface area contributed by atoms with E-state index in [1.165, 1.54) is 0 Å². The number of carbonyl (C=O) groups is 1. The Morgan fingerprint density at radius 3 is 2.52 bits per heavy atom. The number of carbonyl (C=O) groups excluding carboxylic acids is 1. The summed E-state index contributed by atoms with van der Waals surface area (Å²) in [6.45, 7) is 0.849. The monoisotopic (exact) mass is 401 g/mol. The molecule has 1 atom stereocenters. The third kappa shape index (κ3) is 4.97. The van der Waals surface area contributed by atoms with E-state index in [9.17, 15) is 18.4 Å². The SMILES string of the molecule is CC(NCc1cc2ccc(Oc3ccccc3)cc2n(CC(F)F)c1=O)C(N)=O. The maximum Gasteiger partial charge on any atom is 0.256 e. The van der Waals surface area contributed by atoms with E-state index < -0.39 is 30.5 Å². The summed E-state index contributed by atoms with van der Waals surface area (Å²) in [5.74, 6) is 0.455. The zero-order valence-electron chi connectivity index (χ0n) is 15.8. The number of halogens is 2. The van der Waals surface area contributed by atoms with Gasteiger partial charge in [0.1, 0.15) is 11.5 Å². The Bertz CT molecular complexity index is 1070. The van der Waals surface area contributed by atoms with Crippen molar-refractivity contribution < 1.29 is 18.3 Å². The molecule has 0 fully saturated rings. The molecule has 3 rings (SSSR count). The van der Waals surface area contributed by atoms with Crippen LogP contribution in [0.4, 0.5) is 8.78 Å². The van der Waals surface area contributed by atoms with Crippen molar-refractivity contribution in [3.8, 4) is 11.5 Å². The van der Waals surface area contributed by atoms with Crippen LogP contribution in [-0.4, -0.2) is 22.9 Å². The molecule has 0 saturated heterocycles. The van der Waals surface area contributed by atoms with Crippen LogP contribution in [0.2, 0.25) is 0 Å². The fraction of sp³-hybridized carbons (Fsp3) is 0.238. The second kappa shape index (κ2) is 8.83. The van der Waals surface area contributed by atoms with Crippen LogP contribution in [0.5, 0.6) is 11.5 Å². The van der Waals surface area contributed by atoms with Gasteiger partial charge in [-0.15, -0.1) is 0 Å². The molecule has 152 valence electrons. The van der Waals surface area contributed by atoms with E-state index in [0.717, 1.165) is 4.57 Å². The Hall–Kier alpha value is -3.26. The number of nitrogens with zero attached hydrogens (tertiary/aromatic N) is 1. The third-order valence-corrected chi connectivity index (χ3v) is 4.47. The molecule has 0 aliphatic rings. The molecule has 29 heavy (non-hydrogen) atoms. The molecule has 3 aromatic rings. The van der Waals surface area contributed by atoms with Gasteiger partial charge in [0.2, 0.25) is 5.91 Å². The van der Waals surface area contributed by atoms with E-state index in [4.69, 9.17) is 10.5 Å². The summed E-state index contributed by atoms with van der Waals surface area (Å²) in [5, 5.41) is 3.43. The number of pyridine rings is 1. The first kappa shape index (κ1) is 20.5. The van der Waals surface area contributed by atoms with Gasteiger partial charge in [0, 0.05) is 18.2 Å². The van der Waals surface area contributed by atoms with Gasteiger partial charge in [-0.2, -0.15) is 0 Å². The Balaban J connectivity index is 2.01. The third-order valence-electron chi connectivity index (χ3n) is 4.47. The number of ether oxygens (including phenoxy) is 1. The molecule has 0 saturated carbocycles. The van der Waals surface area contributed by atoms with Gasteiger partial charge >= 0.3 is 0 Å². The summed E-state index contributed by atoms with van der Waals surface area (Å²) >= 11 is 0. The van der Waals surface area contributed by atoms with E-state index >= 15 is 0 Å². The van der Waals surface area contributed by atoms with E-state index in [0.29, 0.717) is 22.4 Å². The molecule has 1 amide bonds. The highest BCUT2D eigenvalue weighted by Gasteiger charge is 2.16. The summed E-state index contributed by atoms with van der Waals surface area (Å²) in [5.41, 5.74) is 5.26. The van der Waals surface area contributed by atoms with Crippen molar-refractivity contribution in [2.75, 3.05) is 0 Å². The van der Waals surface area contributed by atoms with Crippen LogP contribution in [0.15, 0.2) is 59.4 Å². The minimum absolute atomic E-state index is 0.0321. The van der Waals surface area contributed by atoms with Gasteiger partial charge in [-0.05, 0) is 42.6 Å². The fourth-order valence-electron chi connectivity index (χ4n) is 2.91. The Kier molecular flexibility index (Phi) is 6.23. The Labute approximate surface area is 165 Å². The summed E-state index contributed by atoms with van der Waals surface area (Å²) in [6.07, 6.45) is -2.71. The first-order chi connectivity index (χ1) is 13.8. The molecule has 0 aliphatic heterocycles. The number of hydrogen-bond acceptors (Lipinski definition) is 4. The van der Waals surface area contributed by atoms with Crippen LogP contribution in [0, 0.1) is 0 Å². The number of fused-ring (bicyclic) bond motifs is 1. The zero-order valence-corrected chi connectivity index (χ0v) is 15.8. The van der Waals surface area contributed by atoms with Gasteiger partial charge in [0.25, 0.3) is 12.0 Å². The smallest absolute Gasteiger partial charge is 0.256 e. The molecule has 0 spiro atoms. The summed E-state index contributed by atoms with van der Waals surface area (Å²) in [7, 11) is 0. The number of amides is 1. The highest BCUT2D eigenvalue weighted by atomic mass is 19.3. The topological polar surface area (TPSA) is 86.3 Å². The first-order valence-corrected chi connectivity index (χ1v) is 9.05. The van der Waals surface area contributed by atoms with Crippen molar-refractivity contribution in [3.63, 3.8) is 0 Å². The maximum atomic E-state index is 13.2. The standard InChI is InChI=1S/C21H21F2N3O3/c1-13(20(24)27)25-11-15-9-14-7-8-17(29-16-5-3-2-4-6-16)10-18(14)26(21(15)28)12-19(22)23/h2-10,13,19,25H,11-12H2,1H3,(H2,24,27). The second-order valence-corrected chi connectivity index (χ2v) is 6.62. The normalized spacial score (nSPS) is 12.3. The van der Waals surface area contributed by atoms with Gasteiger partial charge < -0.3 is 20.4 Å². The number of para-hydroxylation sites is 1.